The summed E-state index contributed by atoms with van der Waals surface area (Å²) in [4.78, 5) is 46.7. The number of aromatic nitrogens is 4. The molecule has 0 spiro atoms. The van der Waals surface area contributed by atoms with Crippen LogP contribution < -0.4 is 20.4 Å². The topological polar surface area (TPSA) is 135 Å². The number of alkyl halides is 6. The first kappa shape index (κ1) is 44.9. The van der Waals surface area contributed by atoms with Gasteiger partial charge in [0.2, 0.25) is 0 Å². The summed E-state index contributed by atoms with van der Waals surface area (Å²) in [5.74, 6) is 1.30. The van der Waals surface area contributed by atoms with Gasteiger partial charge in [-0.1, -0.05) is 0 Å². The molecule has 20 heteroatoms. The van der Waals surface area contributed by atoms with Crippen LogP contribution in [-0.2, 0) is 22.3 Å². The fourth-order valence-corrected chi connectivity index (χ4v) is 8.75. The zero-order valence-electron chi connectivity index (χ0n) is 33.3. The number of hydrogen-bond donors (Lipinski definition) is 2. The first-order valence-electron chi connectivity index (χ1n) is 19.1. The normalized spacial score (nSPS) is 18.6. The van der Waals surface area contributed by atoms with Crippen molar-refractivity contribution in [3.8, 4) is 0 Å². The molecule has 0 radical (unpaired) electrons. The molecule has 4 aromatic rings. The molecule has 0 unspecified atom stereocenters. The number of nitrogens with zero attached hydrogens (tertiary/aromatic N) is 6. The minimum atomic E-state index is -4.25. The minimum Gasteiger partial charge on any atom is -0.444 e. The van der Waals surface area contributed by atoms with Gasteiger partial charge in [0, 0.05) is 48.0 Å². The monoisotopic (exact) mass is 860 g/mol. The maximum absolute atomic E-state index is 12.7. The third-order valence-electron chi connectivity index (χ3n) is 8.97. The number of fused-ring (bicyclic) bond motifs is 2. The Labute approximate surface area is 341 Å². The molecule has 2 saturated heterocycles. The molecule has 0 bridgehead atoms. The van der Waals surface area contributed by atoms with Crippen molar-refractivity contribution in [2.45, 2.75) is 129 Å². The standard InChI is InChI=1S/2C19H25F3N4O2S/c2*1-18(2,3)28-17(27)25-12-5-4-7-26(8-6-12)15-14-9-13(10-19(20,21)22)29-16(14)24-11-23-15/h2*9,11-12H,4-8,10H2,1-3H3,(H,25,27)/t2*12-/m10/s1. The van der Waals surface area contributed by atoms with Crippen LogP contribution in [0.4, 0.5) is 47.6 Å². The number of hydrogen-bond acceptors (Lipinski definition) is 12. The minimum absolute atomic E-state index is 0.0181. The van der Waals surface area contributed by atoms with Gasteiger partial charge in [0.25, 0.3) is 0 Å². The van der Waals surface area contributed by atoms with Crippen molar-refractivity contribution in [2.24, 2.45) is 0 Å². The van der Waals surface area contributed by atoms with E-state index in [2.05, 4.69) is 40.4 Å². The Hall–Kier alpha value is -4.20. The summed E-state index contributed by atoms with van der Waals surface area (Å²) in [6.45, 7) is 13.6. The van der Waals surface area contributed by atoms with Gasteiger partial charge in [-0.3, -0.25) is 0 Å². The molecule has 2 fully saturated rings. The van der Waals surface area contributed by atoms with Gasteiger partial charge >= 0.3 is 24.5 Å². The highest BCUT2D eigenvalue weighted by molar-refractivity contribution is 7.19. The molecule has 6 rings (SSSR count). The quantitative estimate of drug-likeness (QED) is 0.181. The highest BCUT2D eigenvalue weighted by Gasteiger charge is 2.31. The van der Waals surface area contributed by atoms with Crippen molar-refractivity contribution in [3.63, 3.8) is 0 Å². The Morgan fingerprint density at radius 1 is 0.638 bits per heavy atom. The molecule has 2 aliphatic heterocycles. The van der Waals surface area contributed by atoms with Crippen LogP contribution in [0.15, 0.2) is 24.8 Å². The molecule has 2 N–H and O–H groups in total. The van der Waals surface area contributed by atoms with E-state index < -0.39 is 48.6 Å². The van der Waals surface area contributed by atoms with E-state index in [0.717, 1.165) is 48.4 Å². The van der Waals surface area contributed by atoms with E-state index >= 15 is 0 Å². The molecular formula is C38H50F6N8O4S2. The van der Waals surface area contributed by atoms with E-state index in [4.69, 9.17) is 9.47 Å². The van der Waals surface area contributed by atoms with Gasteiger partial charge in [0.05, 0.1) is 23.6 Å². The van der Waals surface area contributed by atoms with Gasteiger partial charge in [-0.25, -0.2) is 29.5 Å². The Morgan fingerprint density at radius 3 is 1.36 bits per heavy atom. The summed E-state index contributed by atoms with van der Waals surface area (Å²) in [5, 5.41) is 7.12. The molecule has 0 saturated carbocycles. The van der Waals surface area contributed by atoms with Gasteiger partial charge in [0.1, 0.15) is 45.2 Å². The number of carbonyl (C=O) groups excluding carboxylic acids is 2. The molecule has 2 amide bonds. The van der Waals surface area contributed by atoms with Crippen LogP contribution in [0.1, 0.15) is 89.8 Å². The van der Waals surface area contributed by atoms with Crippen LogP contribution in [0.3, 0.4) is 0 Å². The summed E-state index contributed by atoms with van der Waals surface area (Å²) in [5.41, 5.74) is -1.11. The maximum atomic E-state index is 12.7. The lowest BCUT2D eigenvalue weighted by atomic mass is 10.1. The molecule has 12 nitrogen and oxygen atoms in total. The van der Waals surface area contributed by atoms with Gasteiger partial charge in [-0.15, -0.1) is 22.7 Å². The molecule has 0 aromatic carbocycles. The lowest BCUT2D eigenvalue weighted by Gasteiger charge is -2.24. The number of amides is 2. The molecule has 4 aromatic heterocycles. The Balaban J connectivity index is 0.000000221. The van der Waals surface area contributed by atoms with Gasteiger partial charge in [-0.2, -0.15) is 26.3 Å². The first-order valence-corrected chi connectivity index (χ1v) is 20.7. The van der Waals surface area contributed by atoms with Gasteiger partial charge < -0.3 is 29.9 Å². The SMILES string of the molecule is CC(C)(C)OC(=O)N[C@@H]1CCCN(c2ncnc3sc(CC(F)(F)F)cc23)CC1.CC(C)(C)OC(=O)N[C@H]1CCCN(c2ncnc3sc(CC(F)(F)F)cc23)CC1. The maximum Gasteiger partial charge on any atom is 0.407 e. The summed E-state index contributed by atoms with van der Waals surface area (Å²) < 4.78 is 87.1. The van der Waals surface area contributed by atoms with Crippen molar-refractivity contribution < 1.29 is 45.4 Å². The van der Waals surface area contributed by atoms with E-state index in [0.29, 0.717) is 71.1 Å². The third-order valence-corrected chi connectivity index (χ3v) is 11.1. The van der Waals surface area contributed by atoms with E-state index in [-0.39, 0.29) is 21.8 Å². The number of alkyl carbamates (subject to hydrolysis) is 2. The Bertz CT molecular complexity index is 1870. The fraction of sp³-hybridized carbons (Fsp3) is 0.632. The summed E-state index contributed by atoms with van der Waals surface area (Å²) in [7, 11) is 0. The summed E-state index contributed by atoms with van der Waals surface area (Å²) >= 11 is 2.10. The summed E-state index contributed by atoms with van der Waals surface area (Å²) in [6.07, 6.45) is -3.87. The van der Waals surface area contributed by atoms with Crippen LogP contribution in [0.25, 0.3) is 20.4 Å². The first-order chi connectivity index (χ1) is 27.0. The van der Waals surface area contributed by atoms with Gasteiger partial charge in [-0.05, 0) is 92.2 Å². The highest BCUT2D eigenvalue weighted by Crippen LogP contribution is 2.36. The number of anilines is 2. The van der Waals surface area contributed by atoms with Crippen LogP contribution >= 0.6 is 22.7 Å². The second kappa shape index (κ2) is 18.4. The predicted octanol–water partition coefficient (Wildman–Crippen LogP) is 9.36. The number of rotatable bonds is 6. The molecule has 320 valence electrons. The highest BCUT2D eigenvalue weighted by atomic mass is 32.1. The molecule has 2 aliphatic rings. The van der Waals surface area contributed by atoms with E-state index in [1.54, 1.807) is 12.1 Å². The molecule has 58 heavy (non-hydrogen) atoms. The Kier molecular flexibility index (Phi) is 14.2. The van der Waals surface area contributed by atoms with Crippen molar-refractivity contribution in [1.29, 1.82) is 0 Å². The number of carbonyl (C=O) groups is 2. The van der Waals surface area contributed by atoms with Crippen molar-refractivity contribution in [3.05, 3.63) is 34.5 Å². The molecule has 2 atom stereocenters. The second-order valence-electron chi connectivity index (χ2n) is 16.4. The zero-order chi connectivity index (χ0) is 42.5. The Morgan fingerprint density at radius 2 is 1.02 bits per heavy atom. The number of thiophene rings is 2. The number of ether oxygens (including phenoxy) is 2. The van der Waals surface area contributed by atoms with Gasteiger partial charge in [0.15, 0.2) is 0 Å². The van der Waals surface area contributed by atoms with Crippen molar-refractivity contribution >= 4 is 66.9 Å². The van der Waals surface area contributed by atoms with Crippen molar-refractivity contribution in [1.82, 2.24) is 30.6 Å². The molecular weight excluding hydrogens is 811 g/mol. The van der Waals surface area contributed by atoms with Crippen LogP contribution in [0.5, 0.6) is 0 Å². The smallest absolute Gasteiger partial charge is 0.407 e. The second-order valence-corrected chi connectivity index (χ2v) is 18.6. The number of halogens is 6. The van der Waals surface area contributed by atoms with Crippen LogP contribution in [-0.4, -0.2) is 93.9 Å². The van der Waals surface area contributed by atoms with Crippen LogP contribution in [0.2, 0.25) is 0 Å². The fourth-order valence-electron chi connectivity index (χ4n) is 6.71. The number of nitrogens with one attached hydrogen (secondary N) is 2. The van der Waals surface area contributed by atoms with Crippen molar-refractivity contribution in [2.75, 3.05) is 36.0 Å². The molecule has 0 aliphatic carbocycles. The average Bonchev–Trinajstić information content (AvgIpc) is 3.48. The van der Waals surface area contributed by atoms with E-state index in [1.807, 2.05) is 41.5 Å². The van der Waals surface area contributed by atoms with Crippen LogP contribution in [0, 0.1) is 0 Å². The molecule has 6 heterocycles. The van der Waals surface area contributed by atoms with E-state index in [1.165, 1.54) is 12.7 Å². The largest absolute Gasteiger partial charge is 0.444 e. The van der Waals surface area contributed by atoms with E-state index in [9.17, 15) is 35.9 Å². The summed E-state index contributed by atoms with van der Waals surface area (Å²) in [6, 6.07) is 3.06. The zero-order valence-corrected chi connectivity index (χ0v) is 35.0. The predicted molar refractivity (Wildman–Crippen MR) is 213 cm³/mol. The lowest BCUT2D eigenvalue weighted by Crippen LogP contribution is -2.39. The average molecular weight is 861 g/mol. The third kappa shape index (κ3) is 14.0. The lowest BCUT2D eigenvalue weighted by molar-refractivity contribution is -0.127.